The summed E-state index contributed by atoms with van der Waals surface area (Å²) in [4.78, 5) is 16.1. The Bertz CT molecular complexity index is 480. The van der Waals surface area contributed by atoms with Crippen LogP contribution in [-0.4, -0.2) is 27.8 Å². The maximum Gasteiger partial charge on any atom is 0.264 e. The van der Waals surface area contributed by atoms with Gasteiger partial charge in [-0.1, -0.05) is 25.6 Å². The Morgan fingerprint density at radius 1 is 1.40 bits per heavy atom. The number of alkyl halides is 2. The topological polar surface area (TPSA) is 41.5 Å². The van der Waals surface area contributed by atoms with Crippen LogP contribution in [0.1, 0.15) is 40.0 Å². The van der Waals surface area contributed by atoms with Gasteiger partial charge in [0.25, 0.3) is 11.8 Å². The van der Waals surface area contributed by atoms with E-state index >= 15 is 0 Å². The SMILES string of the molecule is CC(C)[C@@]1(C)SC(N[C@H]2C[C@H]3C[C@@H]2CC3(F)F)=NC1=O. The van der Waals surface area contributed by atoms with Gasteiger partial charge in [-0.05, 0) is 31.6 Å². The van der Waals surface area contributed by atoms with Gasteiger partial charge in [0.05, 0.1) is 0 Å². The number of carbonyl (C=O) groups is 1. The predicted octanol–water partition coefficient (Wildman–Crippen LogP) is 3.05. The molecule has 1 heterocycles. The molecule has 112 valence electrons. The fourth-order valence-electron chi connectivity index (χ4n) is 3.44. The lowest BCUT2D eigenvalue weighted by molar-refractivity contribution is -0.120. The van der Waals surface area contributed by atoms with Gasteiger partial charge in [0.15, 0.2) is 5.17 Å². The van der Waals surface area contributed by atoms with Crippen LogP contribution in [0.4, 0.5) is 8.78 Å². The van der Waals surface area contributed by atoms with Crippen LogP contribution in [0.2, 0.25) is 0 Å². The summed E-state index contributed by atoms with van der Waals surface area (Å²) in [6.45, 7) is 5.90. The zero-order valence-electron chi connectivity index (χ0n) is 12.0. The summed E-state index contributed by atoms with van der Waals surface area (Å²) in [5.74, 6) is -2.90. The molecule has 0 aromatic carbocycles. The quantitative estimate of drug-likeness (QED) is 0.852. The minimum atomic E-state index is -2.49. The largest absolute Gasteiger partial charge is 0.361 e. The van der Waals surface area contributed by atoms with Crippen LogP contribution in [0.5, 0.6) is 0 Å². The number of carbonyl (C=O) groups excluding carboxylic acids is 1. The molecule has 1 N–H and O–H groups in total. The smallest absolute Gasteiger partial charge is 0.264 e. The van der Waals surface area contributed by atoms with Crippen LogP contribution in [0.15, 0.2) is 4.99 Å². The van der Waals surface area contributed by atoms with Gasteiger partial charge in [-0.25, -0.2) is 8.78 Å². The molecule has 2 aliphatic carbocycles. The average Bonchev–Trinajstić information content (AvgIpc) is 2.91. The van der Waals surface area contributed by atoms with Gasteiger partial charge >= 0.3 is 0 Å². The van der Waals surface area contributed by atoms with Gasteiger partial charge in [0, 0.05) is 18.4 Å². The van der Waals surface area contributed by atoms with Crippen molar-refractivity contribution in [2.24, 2.45) is 22.7 Å². The number of fused-ring (bicyclic) bond motifs is 2. The molecule has 3 aliphatic rings. The Morgan fingerprint density at radius 2 is 2.10 bits per heavy atom. The Labute approximate surface area is 122 Å². The van der Waals surface area contributed by atoms with E-state index < -0.39 is 16.6 Å². The molecule has 0 aromatic heterocycles. The monoisotopic (exact) mass is 302 g/mol. The number of amides is 1. The van der Waals surface area contributed by atoms with Gasteiger partial charge in [0.1, 0.15) is 4.75 Å². The lowest BCUT2D eigenvalue weighted by Gasteiger charge is -2.29. The minimum absolute atomic E-state index is 0.0132. The second-order valence-electron chi connectivity index (χ2n) is 6.73. The summed E-state index contributed by atoms with van der Waals surface area (Å²) in [6.07, 6.45) is 1.06. The van der Waals surface area contributed by atoms with Gasteiger partial charge in [-0.2, -0.15) is 4.99 Å². The molecular weight excluding hydrogens is 282 g/mol. The van der Waals surface area contributed by atoms with E-state index in [2.05, 4.69) is 10.3 Å². The first kappa shape index (κ1) is 14.3. The van der Waals surface area contributed by atoms with Crippen LogP contribution in [0, 0.1) is 17.8 Å². The molecule has 2 saturated carbocycles. The van der Waals surface area contributed by atoms with E-state index in [0.717, 1.165) is 0 Å². The third-order valence-corrected chi connectivity index (χ3v) is 6.65. The molecule has 0 spiro atoms. The number of thioether (sulfide) groups is 1. The highest BCUT2D eigenvalue weighted by Crippen LogP contribution is 2.54. The molecular formula is C14H20F2N2OS. The highest BCUT2D eigenvalue weighted by atomic mass is 32.2. The van der Waals surface area contributed by atoms with Crippen molar-refractivity contribution in [1.82, 2.24) is 5.32 Å². The summed E-state index contributed by atoms with van der Waals surface area (Å²) >= 11 is 1.45. The van der Waals surface area contributed by atoms with Crippen LogP contribution < -0.4 is 5.32 Å². The van der Waals surface area contributed by atoms with E-state index in [0.29, 0.717) is 18.0 Å². The van der Waals surface area contributed by atoms with Gasteiger partial charge < -0.3 is 5.32 Å². The number of hydrogen-bond acceptors (Lipinski definition) is 3. The van der Waals surface area contributed by atoms with Crippen LogP contribution in [0.25, 0.3) is 0 Å². The maximum atomic E-state index is 13.5. The van der Waals surface area contributed by atoms with Crippen molar-refractivity contribution < 1.29 is 13.6 Å². The Balaban J connectivity index is 1.65. The van der Waals surface area contributed by atoms with Crippen LogP contribution >= 0.6 is 11.8 Å². The van der Waals surface area contributed by atoms with E-state index in [-0.39, 0.29) is 30.2 Å². The van der Waals surface area contributed by atoms with Crippen LogP contribution in [0.3, 0.4) is 0 Å². The number of halogens is 2. The van der Waals surface area contributed by atoms with Crippen molar-refractivity contribution >= 4 is 22.8 Å². The van der Waals surface area contributed by atoms with Crippen molar-refractivity contribution in [3.8, 4) is 0 Å². The molecule has 1 amide bonds. The molecule has 4 atom stereocenters. The summed E-state index contributed by atoms with van der Waals surface area (Å²) in [6, 6.07) is 0.0492. The number of amidine groups is 1. The van der Waals surface area contributed by atoms with Crippen molar-refractivity contribution in [3.05, 3.63) is 0 Å². The number of hydrogen-bond donors (Lipinski definition) is 1. The summed E-state index contributed by atoms with van der Waals surface area (Å²) < 4.78 is 26.5. The van der Waals surface area contributed by atoms with E-state index in [1.165, 1.54) is 11.8 Å². The van der Waals surface area contributed by atoms with Crippen molar-refractivity contribution in [1.29, 1.82) is 0 Å². The minimum Gasteiger partial charge on any atom is -0.361 e. The standard InChI is InChI=1S/C14H20F2N2OS/c1-7(2)13(3)11(19)18-12(20-13)17-10-5-9-4-8(10)6-14(9,15)16/h7-10H,4-6H2,1-3H3,(H,17,18,19)/t8-,9-,10+,13-/m1/s1. The van der Waals surface area contributed by atoms with Gasteiger partial charge in [0.2, 0.25) is 0 Å². The van der Waals surface area contributed by atoms with Crippen LogP contribution in [-0.2, 0) is 4.79 Å². The highest BCUT2D eigenvalue weighted by Gasteiger charge is 2.57. The number of nitrogens with one attached hydrogen (secondary N) is 1. The first-order valence-corrected chi connectivity index (χ1v) is 8.00. The lowest BCUT2D eigenvalue weighted by Crippen LogP contribution is -2.41. The molecule has 0 aromatic rings. The Kier molecular flexibility index (Phi) is 3.16. The first-order valence-electron chi connectivity index (χ1n) is 7.19. The first-order chi connectivity index (χ1) is 9.22. The summed E-state index contributed by atoms with van der Waals surface area (Å²) in [5.41, 5.74) is 0. The molecule has 0 saturated heterocycles. The average molecular weight is 302 g/mol. The number of nitrogens with zero attached hydrogens (tertiary/aromatic N) is 1. The van der Waals surface area contributed by atoms with Crippen molar-refractivity contribution in [2.45, 2.75) is 56.7 Å². The molecule has 3 nitrogen and oxygen atoms in total. The van der Waals surface area contributed by atoms with E-state index in [4.69, 9.17) is 0 Å². The second kappa shape index (κ2) is 4.42. The summed E-state index contributed by atoms with van der Waals surface area (Å²) in [5, 5.41) is 3.86. The van der Waals surface area contributed by atoms with Crippen molar-refractivity contribution in [3.63, 3.8) is 0 Å². The van der Waals surface area contributed by atoms with E-state index in [1.54, 1.807) is 0 Å². The molecule has 3 rings (SSSR count). The van der Waals surface area contributed by atoms with Crippen molar-refractivity contribution in [2.75, 3.05) is 0 Å². The fourth-order valence-corrected chi connectivity index (χ4v) is 4.55. The second-order valence-corrected chi connectivity index (χ2v) is 8.17. The van der Waals surface area contributed by atoms with Gasteiger partial charge in [-0.3, -0.25) is 4.79 Å². The molecule has 2 bridgehead atoms. The van der Waals surface area contributed by atoms with E-state index in [1.807, 2.05) is 20.8 Å². The molecule has 2 fully saturated rings. The molecule has 0 unspecified atom stereocenters. The molecule has 20 heavy (non-hydrogen) atoms. The lowest BCUT2D eigenvalue weighted by atomic mass is 9.92. The molecule has 1 aliphatic heterocycles. The summed E-state index contributed by atoms with van der Waals surface area (Å²) in [7, 11) is 0. The zero-order valence-corrected chi connectivity index (χ0v) is 12.8. The highest BCUT2D eigenvalue weighted by molar-refractivity contribution is 8.16. The number of rotatable bonds is 2. The van der Waals surface area contributed by atoms with E-state index in [9.17, 15) is 13.6 Å². The number of aliphatic imine (C=N–C) groups is 1. The normalized spacial score (nSPS) is 42.4. The molecule has 0 radical (unpaired) electrons. The third-order valence-electron chi connectivity index (χ3n) is 5.17. The predicted molar refractivity (Wildman–Crippen MR) is 76.0 cm³/mol. The fraction of sp³-hybridized carbons (Fsp3) is 0.857. The Hall–Kier alpha value is -0.650. The maximum absolute atomic E-state index is 13.5. The zero-order chi connectivity index (χ0) is 14.7. The molecule has 6 heteroatoms. The third kappa shape index (κ3) is 2.07. The van der Waals surface area contributed by atoms with Gasteiger partial charge in [-0.15, -0.1) is 0 Å². The Morgan fingerprint density at radius 3 is 2.55 bits per heavy atom.